The third kappa shape index (κ3) is 4.60. The van der Waals surface area contributed by atoms with Gasteiger partial charge in [-0.1, -0.05) is 56.2 Å². The molecule has 1 N–H and O–H groups in total. The van der Waals surface area contributed by atoms with Crippen molar-refractivity contribution in [3.8, 4) is 0 Å². The molecule has 2 aromatic carbocycles. The molecule has 0 aliphatic carbocycles. The number of aromatic nitrogens is 1. The molecule has 35 heavy (non-hydrogen) atoms. The maximum Gasteiger partial charge on any atom is 0.281 e. The van der Waals surface area contributed by atoms with Crippen LogP contribution in [0.4, 0.5) is 5.69 Å². The van der Waals surface area contributed by atoms with E-state index in [1.165, 1.54) is 23.3 Å². The first-order chi connectivity index (χ1) is 17.1. The Labute approximate surface area is 211 Å². The van der Waals surface area contributed by atoms with Crippen molar-refractivity contribution < 1.29 is 9.59 Å². The topological polar surface area (TPSA) is 57.6 Å². The van der Waals surface area contributed by atoms with Crippen molar-refractivity contribution in [2.75, 3.05) is 18.0 Å². The molecule has 3 heterocycles. The van der Waals surface area contributed by atoms with Crippen LogP contribution in [0.15, 0.2) is 60.4 Å². The zero-order valence-electron chi connectivity index (χ0n) is 20.0. The summed E-state index contributed by atoms with van der Waals surface area (Å²) in [5.41, 5.74) is 4.30. The van der Waals surface area contributed by atoms with E-state index in [0.717, 1.165) is 54.5 Å². The first-order valence-electron chi connectivity index (χ1n) is 12.4. The number of benzene rings is 2. The lowest BCUT2D eigenvalue weighted by Gasteiger charge is -2.21. The molecular formula is C28H30N4O2S. The Kier molecular flexibility index (Phi) is 6.68. The molecule has 2 aliphatic rings. The summed E-state index contributed by atoms with van der Waals surface area (Å²) >= 11 is 5.47. The minimum Gasteiger partial charge on any atom is -0.341 e. The van der Waals surface area contributed by atoms with Crippen molar-refractivity contribution in [3.63, 3.8) is 0 Å². The van der Waals surface area contributed by atoms with Gasteiger partial charge in [0.05, 0.1) is 11.2 Å². The van der Waals surface area contributed by atoms with Crippen LogP contribution in [0, 0.1) is 0 Å². The monoisotopic (exact) mass is 486 g/mol. The highest BCUT2D eigenvalue weighted by Gasteiger charge is 2.32. The largest absolute Gasteiger partial charge is 0.341 e. The molecule has 6 nitrogen and oxygen atoms in total. The number of likely N-dealkylation sites (tertiary alicyclic amines) is 1. The lowest BCUT2D eigenvalue weighted by molar-refractivity contribution is -0.131. The minimum absolute atomic E-state index is 0.153. The van der Waals surface area contributed by atoms with Crippen molar-refractivity contribution in [1.29, 1.82) is 0 Å². The number of para-hydroxylation sites is 2. The Morgan fingerprint density at radius 3 is 2.49 bits per heavy atom. The maximum atomic E-state index is 13.2. The summed E-state index contributed by atoms with van der Waals surface area (Å²) in [6.45, 7) is 4.09. The second kappa shape index (κ2) is 10.0. The Bertz CT molecular complexity index is 1300. The van der Waals surface area contributed by atoms with Gasteiger partial charge in [-0.15, -0.1) is 0 Å². The number of fused-ring (bicyclic) bond motifs is 1. The summed E-state index contributed by atoms with van der Waals surface area (Å²) in [7, 11) is 0. The highest BCUT2D eigenvalue weighted by molar-refractivity contribution is 7.80. The van der Waals surface area contributed by atoms with Crippen molar-refractivity contribution in [1.82, 2.24) is 14.8 Å². The second-order valence-electron chi connectivity index (χ2n) is 9.14. The van der Waals surface area contributed by atoms with Crippen LogP contribution in [0.1, 0.15) is 43.7 Å². The molecule has 0 atom stereocenters. The van der Waals surface area contributed by atoms with Gasteiger partial charge in [-0.25, -0.2) is 0 Å². The van der Waals surface area contributed by atoms with Gasteiger partial charge in [-0.2, -0.15) is 0 Å². The van der Waals surface area contributed by atoms with E-state index in [4.69, 9.17) is 12.2 Å². The van der Waals surface area contributed by atoms with Crippen molar-refractivity contribution in [2.24, 2.45) is 0 Å². The number of nitrogens with one attached hydrogen (secondary N) is 1. The molecule has 2 aliphatic heterocycles. The Hall–Kier alpha value is -3.45. The molecule has 180 valence electrons. The van der Waals surface area contributed by atoms with Crippen LogP contribution >= 0.6 is 12.2 Å². The molecule has 3 aromatic rings. The van der Waals surface area contributed by atoms with Crippen molar-refractivity contribution >= 4 is 51.8 Å². The number of anilines is 1. The summed E-state index contributed by atoms with van der Waals surface area (Å²) in [4.78, 5) is 30.0. The predicted molar refractivity (Wildman–Crippen MR) is 144 cm³/mol. The lowest BCUT2D eigenvalue weighted by atomic mass is 10.1. The van der Waals surface area contributed by atoms with Crippen LogP contribution in [-0.2, 0) is 22.6 Å². The van der Waals surface area contributed by atoms with Gasteiger partial charge in [0, 0.05) is 30.2 Å². The minimum atomic E-state index is -0.186. The number of thiocarbonyl (C=S) groups is 1. The van der Waals surface area contributed by atoms with Crippen LogP contribution in [0.5, 0.6) is 0 Å². The average Bonchev–Trinajstić information content (AvgIpc) is 3.20. The first-order valence-corrected chi connectivity index (χ1v) is 12.8. The van der Waals surface area contributed by atoms with E-state index in [1.54, 1.807) is 0 Å². The molecule has 2 saturated heterocycles. The van der Waals surface area contributed by atoms with E-state index in [9.17, 15) is 9.59 Å². The summed E-state index contributed by atoms with van der Waals surface area (Å²) in [6.07, 6.45) is 9.23. The van der Waals surface area contributed by atoms with Gasteiger partial charge in [0.15, 0.2) is 5.11 Å². The van der Waals surface area contributed by atoms with Crippen LogP contribution in [0.25, 0.3) is 17.0 Å². The molecular weight excluding hydrogens is 456 g/mol. The van der Waals surface area contributed by atoms with E-state index in [2.05, 4.69) is 28.9 Å². The summed E-state index contributed by atoms with van der Waals surface area (Å²) < 4.78 is 2.06. The van der Waals surface area contributed by atoms with E-state index in [0.29, 0.717) is 17.4 Å². The fourth-order valence-electron chi connectivity index (χ4n) is 5.06. The number of amides is 2. The van der Waals surface area contributed by atoms with Gasteiger partial charge in [0.1, 0.15) is 12.2 Å². The van der Waals surface area contributed by atoms with Gasteiger partial charge >= 0.3 is 0 Å². The molecule has 0 spiro atoms. The van der Waals surface area contributed by atoms with Gasteiger partial charge in [-0.3, -0.25) is 14.5 Å². The SMILES string of the molecule is CCc1cccc2c(/C=C3\NC(=S)N(c4ccccc4)C3=O)cn(CC(=O)N3CCCCCC3)c12. The highest BCUT2D eigenvalue weighted by Crippen LogP contribution is 2.29. The van der Waals surface area contributed by atoms with Crippen molar-refractivity contribution in [3.05, 3.63) is 71.6 Å². The fourth-order valence-corrected chi connectivity index (χ4v) is 5.36. The van der Waals surface area contributed by atoms with Crippen LogP contribution < -0.4 is 10.2 Å². The zero-order valence-corrected chi connectivity index (χ0v) is 20.8. The quantitative estimate of drug-likeness (QED) is 0.413. The molecule has 2 fully saturated rings. The van der Waals surface area contributed by atoms with Crippen LogP contribution in [0.2, 0.25) is 0 Å². The molecule has 0 saturated carbocycles. The normalized spacial score (nSPS) is 17.8. The fraction of sp³-hybridized carbons (Fsp3) is 0.321. The molecule has 5 rings (SSSR count). The third-order valence-electron chi connectivity index (χ3n) is 6.85. The third-order valence-corrected chi connectivity index (χ3v) is 7.14. The van der Waals surface area contributed by atoms with Crippen LogP contribution in [0.3, 0.4) is 0 Å². The van der Waals surface area contributed by atoms with E-state index in [1.807, 2.05) is 53.6 Å². The van der Waals surface area contributed by atoms with Crippen LogP contribution in [-0.4, -0.2) is 39.5 Å². The number of carbonyl (C=O) groups excluding carboxylic acids is 2. The molecule has 7 heteroatoms. The molecule has 1 aromatic heterocycles. The smallest absolute Gasteiger partial charge is 0.281 e. The molecule has 0 unspecified atom stereocenters. The maximum absolute atomic E-state index is 13.2. The summed E-state index contributed by atoms with van der Waals surface area (Å²) in [5, 5.41) is 4.48. The number of hydrogen-bond donors (Lipinski definition) is 1. The van der Waals surface area contributed by atoms with E-state index >= 15 is 0 Å². The predicted octanol–water partition coefficient (Wildman–Crippen LogP) is 4.87. The van der Waals surface area contributed by atoms with E-state index in [-0.39, 0.29) is 11.8 Å². The average molecular weight is 487 g/mol. The van der Waals surface area contributed by atoms with E-state index < -0.39 is 0 Å². The standard InChI is InChI=1S/C28H30N4O2S/c1-2-20-11-10-14-23-21(17-24-27(34)32(28(35)29-24)22-12-6-5-7-13-22)18-31(26(20)23)19-25(33)30-15-8-3-4-9-16-30/h5-7,10-14,17-18H,2-4,8-9,15-16,19H2,1H3,(H,29,35)/b24-17-. The number of hydrogen-bond acceptors (Lipinski definition) is 3. The van der Waals surface area contributed by atoms with Gasteiger partial charge in [-0.05, 0) is 55.3 Å². The number of nitrogens with zero attached hydrogens (tertiary/aromatic N) is 3. The van der Waals surface area contributed by atoms with Gasteiger partial charge < -0.3 is 14.8 Å². The zero-order chi connectivity index (χ0) is 24.4. The molecule has 2 amide bonds. The Morgan fingerprint density at radius 2 is 1.77 bits per heavy atom. The summed E-state index contributed by atoms with van der Waals surface area (Å²) in [6, 6.07) is 15.6. The van der Waals surface area contributed by atoms with Gasteiger partial charge in [0.2, 0.25) is 5.91 Å². The van der Waals surface area contributed by atoms with Crippen molar-refractivity contribution in [2.45, 2.75) is 45.6 Å². The Balaban J connectivity index is 1.50. The second-order valence-corrected chi connectivity index (χ2v) is 9.53. The number of rotatable bonds is 5. The van der Waals surface area contributed by atoms with Gasteiger partial charge in [0.25, 0.3) is 5.91 Å². The molecule has 0 radical (unpaired) electrons. The lowest BCUT2D eigenvalue weighted by Crippen LogP contribution is -2.34. The highest BCUT2D eigenvalue weighted by atomic mass is 32.1. The summed E-state index contributed by atoms with van der Waals surface area (Å²) in [5.74, 6) is -0.0326. The Morgan fingerprint density at radius 1 is 1.03 bits per heavy atom. The number of carbonyl (C=O) groups is 2. The number of aryl methyl sites for hydroxylation is 1. The first kappa shape index (κ1) is 23.3. The molecule has 0 bridgehead atoms.